The molecule has 0 aliphatic carbocycles. The molecule has 1 heterocycles. The van der Waals surface area contributed by atoms with Gasteiger partial charge in [-0.25, -0.2) is 4.79 Å². The fourth-order valence-electron chi connectivity index (χ4n) is 1.85. The van der Waals surface area contributed by atoms with E-state index in [-0.39, 0.29) is 6.42 Å². The zero-order chi connectivity index (χ0) is 11.5. The lowest BCUT2D eigenvalue weighted by atomic mass is 9.98. The lowest BCUT2D eigenvalue weighted by molar-refractivity contribution is -0.146. The molecule has 0 fully saturated rings. The van der Waals surface area contributed by atoms with Crippen molar-refractivity contribution in [3.63, 3.8) is 0 Å². The maximum atomic E-state index is 10.5. The Balaban J connectivity index is 2.14. The second-order valence-corrected chi connectivity index (χ2v) is 3.96. The van der Waals surface area contributed by atoms with Crippen LogP contribution < -0.4 is 0 Å². The molecule has 1 aliphatic heterocycles. The van der Waals surface area contributed by atoms with E-state index in [1.54, 1.807) is 0 Å². The third kappa shape index (κ3) is 2.40. The molecule has 0 spiro atoms. The van der Waals surface area contributed by atoms with Crippen LogP contribution in [0.2, 0.25) is 0 Å². The highest BCUT2D eigenvalue weighted by atomic mass is 16.5. The van der Waals surface area contributed by atoms with Gasteiger partial charge in [0.2, 0.25) is 0 Å². The lowest BCUT2D eigenvalue weighted by Gasteiger charge is -2.17. The predicted molar refractivity (Wildman–Crippen MR) is 57.1 cm³/mol. The van der Waals surface area contributed by atoms with Crippen molar-refractivity contribution >= 4 is 5.97 Å². The van der Waals surface area contributed by atoms with Crippen LogP contribution in [0.25, 0.3) is 0 Å². The van der Waals surface area contributed by atoms with E-state index in [9.17, 15) is 9.90 Å². The van der Waals surface area contributed by atoms with Crippen molar-refractivity contribution in [1.29, 1.82) is 0 Å². The van der Waals surface area contributed by atoms with Crippen LogP contribution in [-0.2, 0) is 29.0 Å². The number of aliphatic hydroxyl groups excluding tert-OH is 1. The van der Waals surface area contributed by atoms with Crippen molar-refractivity contribution in [3.05, 3.63) is 34.9 Å². The predicted octanol–water partition coefficient (Wildman–Crippen LogP) is 0.747. The Hall–Kier alpha value is -1.39. The first-order chi connectivity index (χ1) is 7.66. The van der Waals surface area contributed by atoms with Crippen LogP contribution in [0.3, 0.4) is 0 Å². The fraction of sp³-hybridized carbons (Fsp3) is 0.417. The van der Waals surface area contributed by atoms with Gasteiger partial charge in [-0.05, 0) is 23.1 Å². The van der Waals surface area contributed by atoms with E-state index in [4.69, 9.17) is 9.84 Å². The molecule has 0 radical (unpaired) electrons. The first-order valence-corrected chi connectivity index (χ1v) is 5.26. The fourth-order valence-corrected chi connectivity index (χ4v) is 1.85. The summed E-state index contributed by atoms with van der Waals surface area (Å²) in [6, 6.07) is 5.75. The van der Waals surface area contributed by atoms with Gasteiger partial charge < -0.3 is 14.9 Å². The zero-order valence-electron chi connectivity index (χ0n) is 8.85. The summed E-state index contributed by atoms with van der Waals surface area (Å²) in [6.45, 7) is 1.33. The van der Waals surface area contributed by atoms with Gasteiger partial charge in [-0.15, -0.1) is 0 Å². The van der Waals surface area contributed by atoms with Gasteiger partial charge in [0.05, 0.1) is 13.2 Å². The van der Waals surface area contributed by atoms with E-state index in [2.05, 4.69) is 0 Å². The summed E-state index contributed by atoms with van der Waals surface area (Å²) in [6.07, 6.45) is -0.312. The molecule has 2 rings (SSSR count). The molecule has 0 bridgehead atoms. The van der Waals surface area contributed by atoms with Crippen molar-refractivity contribution in [2.45, 2.75) is 25.6 Å². The Kier molecular flexibility index (Phi) is 3.22. The second-order valence-electron chi connectivity index (χ2n) is 3.96. The minimum Gasteiger partial charge on any atom is -0.479 e. The van der Waals surface area contributed by atoms with Crippen LogP contribution in [0.15, 0.2) is 18.2 Å². The molecule has 4 nitrogen and oxygen atoms in total. The number of ether oxygens (including phenoxy) is 1. The highest BCUT2D eigenvalue weighted by Crippen LogP contribution is 2.19. The minimum atomic E-state index is -1.32. The zero-order valence-corrected chi connectivity index (χ0v) is 8.85. The lowest BCUT2D eigenvalue weighted by Crippen LogP contribution is -2.22. The molecule has 1 aromatic carbocycles. The van der Waals surface area contributed by atoms with E-state index in [1.807, 2.05) is 18.2 Å². The third-order valence-corrected chi connectivity index (χ3v) is 2.76. The number of aliphatic hydroxyl groups is 1. The summed E-state index contributed by atoms with van der Waals surface area (Å²) in [7, 11) is 0. The van der Waals surface area contributed by atoms with Crippen molar-refractivity contribution < 1.29 is 19.7 Å². The van der Waals surface area contributed by atoms with Crippen molar-refractivity contribution in [2.75, 3.05) is 6.61 Å². The molecular formula is C12H14O4. The maximum absolute atomic E-state index is 10.5. The molecule has 0 aromatic heterocycles. The van der Waals surface area contributed by atoms with Crippen LogP contribution in [0.5, 0.6) is 0 Å². The molecule has 86 valence electrons. The number of fused-ring (bicyclic) bond motifs is 1. The molecule has 1 atom stereocenters. The minimum absolute atomic E-state index is 0.156. The van der Waals surface area contributed by atoms with Gasteiger partial charge in [-0.1, -0.05) is 18.2 Å². The first kappa shape index (κ1) is 11.1. The SMILES string of the molecule is O=C(O)C(O)Cc1ccc2c(c1)CCOC2. The third-order valence-electron chi connectivity index (χ3n) is 2.76. The average Bonchev–Trinajstić information content (AvgIpc) is 2.28. The maximum Gasteiger partial charge on any atom is 0.332 e. The molecular weight excluding hydrogens is 208 g/mol. The Morgan fingerprint density at radius 3 is 3.00 bits per heavy atom. The van der Waals surface area contributed by atoms with E-state index in [0.29, 0.717) is 13.2 Å². The smallest absolute Gasteiger partial charge is 0.332 e. The molecule has 4 heteroatoms. The van der Waals surface area contributed by atoms with E-state index in [0.717, 1.165) is 17.5 Å². The van der Waals surface area contributed by atoms with Crippen molar-refractivity contribution in [1.82, 2.24) is 0 Å². The number of rotatable bonds is 3. The van der Waals surface area contributed by atoms with Gasteiger partial charge in [0, 0.05) is 6.42 Å². The van der Waals surface area contributed by atoms with E-state index in [1.165, 1.54) is 5.56 Å². The Bertz CT molecular complexity index is 400. The van der Waals surface area contributed by atoms with Crippen LogP contribution in [0, 0.1) is 0 Å². The number of carboxylic acid groups (broad SMARTS) is 1. The van der Waals surface area contributed by atoms with Crippen molar-refractivity contribution in [2.24, 2.45) is 0 Å². The Labute approximate surface area is 93.5 Å². The topological polar surface area (TPSA) is 66.8 Å². The van der Waals surface area contributed by atoms with Gasteiger partial charge in [0.25, 0.3) is 0 Å². The molecule has 16 heavy (non-hydrogen) atoms. The number of carboxylic acids is 1. The summed E-state index contributed by atoms with van der Waals surface area (Å²) in [5.74, 6) is -1.18. The van der Waals surface area contributed by atoms with Crippen LogP contribution >= 0.6 is 0 Å². The molecule has 0 saturated carbocycles. The first-order valence-electron chi connectivity index (χ1n) is 5.26. The molecule has 1 aromatic rings. The van der Waals surface area contributed by atoms with Gasteiger partial charge >= 0.3 is 5.97 Å². The number of benzene rings is 1. The van der Waals surface area contributed by atoms with Crippen LogP contribution in [0.1, 0.15) is 16.7 Å². The Morgan fingerprint density at radius 2 is 2.25 bits per heavy atom. The van der Waals surface area contributed by atoms with Gasteiger partial charge in [-0.3, -0.25) is 0 Å². The molecule has 1 unspecified atom stereocenters. The van der Waals surface area contributed by atoms with Crippen LogP contribution in [-0.4, -0.2) is 28.9 Å². The monoisotopic (exact) mass is 222 g/mol. The number of hydrogen-bond donors (Lipinski definition) is 2. The summed E-state index contributed by atoms with van der Waals surface area (Å²) >= 11 is 0. The van der Waals surface area contributed by atoms with E-state index < -0.39 is 12.1 Å². The number of carbonyl (C=O) groups is 1. The van der Waals surface area contributed by atoms with Crippen LogP contribution in [0.4, 0.5) is 0 Å². The van der Waals surface area contributed by atoms with Gasteiger partial charge in [-0.2, -0.15) is 0 Å². The highest BCUT2D eigenvalue weighted by Gasteiger charge is 2.15. The standard InChI is InChI=1S/C12H14O4/c13-11(12(14)15)6-8-1-2-10-7-16-4-3-9(10)5-8/h1-2,5,11,13H,3-4,6-7H2,(H,14,15). The molecule has 0 saturated heterocycles. The Morgan fingerprint density at radius 1 is 1.44 bits per heavy atom. The summed E-state index contributed by atoms with van der Waals surface area (Å²) in [5.41, 5.74) is 3.21. The van der Waals surface area contributed by atoms with Crippen molar-refractivity contribution in [3.8, 4) is 0 Å². The number of hydrogen-bond acceptors (Lipinski definition) is 3. The van der Waals surface area contributed by atoms with Gasteiger partial charge in [0.15, 0.2) is 6.10 Å². The molecule has 2 N–H and O–H groups in total. The normalized spacial score (nSPS) is 16.6. The largest absolute Gasteiger partial charge is 0.479 e. The quantitative estimate of drug-likeness (QED) is 0.791. The highest BCUT2D eigenvalue weighted by molar-refractivity contribution is 5.72. The number of aliphatic carboxylic acids is 1. The van der Waals surface area contributed by atoms with E-state index >= 15 is 0 Å². The molecule has 0 amide bonds. The summed E-state index contributed by atoms with van der Waals surface area (Å²) in [4.78, 5) is 10.5. The van der Waals surface area contributed by atoms with Gasteiger partial charge in [0.1, 0.15) is 0 Å². The summed E-state index contributed by atoms with van der Waals surface area (Å²) < 4.78 is 5.31. The molecule has 1 aliphatic rings. The average molecular weight is 222 g/mol. The summed E-state index contributed by atoms with van der Waals surface area (Å²) in [5, 5.41) is 17.9. The second kappa shape index (κ2) is 4.63.